The molecule has 0 unspecified atom stereocenters. The van der Waals surface area contributed by atoms with E-state index >= 15 is 0 Å². The maximum absolute atomic E-state index is 12.5. The van der Waals surface area contributed by atoms with Crippen LogP contribution in [0.5, 0.6) is 0 Å². The number of rotatable bonds is 4. The molecular formula is C12H3Br4NO6-2. The lowest BCUT2D eigenvalue weighted by molar-refractivity contribution is -0.319. The van der Waals surface area contributed by atoms with Crippen molar-refractivity contribution in [2.45, 2.75) is 12.5 Å². The molecule has 0 saturated carbocycles. The van der Waals surface area contributed by atoms with Crippen LogP contribution in [-0.2, 0) is 9.59 Å². The SMILES string of the molecule is O=C([O-])C[C@@H](C(=O)[O-])N1C(=O)c2c(Br)c(Br)c(Br)c(Br)c2C1=O. The fraction of sp³-hybridized carbons (Fsp3) is 0.167. The summed E-state index contributed by atoms with van der Waals surface area (Å²) in [5.74, 6) is -5.48. The molecule has 0 saturated heterocycles. The van der Waals surface area contributed by atoms with Crippen LogP contribution >= 0.6 is 63.7 Å². The Morgan fingerprint density at radius 2 is 1.26 bits per heavy atom. The van der Waals surface area contributed by atoms with Gasteiger partial charge in [-0.1, -0.05) is 0 Å². The zero-order chi connectivity index (χ0) is 17.6. The van der Waals surface area contributed by atoms with Gasteiger partial charge < -0.3 is 19.8 Å². The Kier molecular flexibility index (Phi) is 5.34. The highest BCUT2D eigenvalue weighted by atomic mass is 79.9. The molecule has 1 atom stereocenters. The molecule has 23 heavy (non-hydrogen) atoms. The van der Waals surface area contributed by atoms with Crippen LogP contribution in [0.25, 0.3) is 0 Å². The molecule has 0 bridgehead atoms. The summed E-state index contributed by atoms with van der Waals surface area (Å²) in [6, 6.07) is -1.97. The van der Waals surface area contributed by atoms with Crippen molar-refractivity contribution in [3.63, 3.8) is 0 Å². The van der Waals surface area contributed by atoms with Gasteiger partial charge in [0, 0.05) is 30.3 Å². The second-order valence-corrected chi connectivity index (χ2v) is 7.57. The van der Waals surface area contributed by atoms with Crippen LogP contribution in [0, 0.1) is 0 Å². The number of carbonyl (C=O) groups excluding carboxylic acids is 4. The van der Waals surface area contributed by atoms with E-state index in [9.17, 15) is 29.4 Å². The number of nitrogens with zero attached hydrogens (tertiary/aromatic N) is 1. The van der Waals surface area contributed by atoms with Crippen LogP contribution in [0.2, 0.25) is 0 Å². The average Bonchev–Trinajstić information content (AvgIpc) is 2.71. The summed E-state index contributed by atoms with van der Waals surface area (Å²) in [6.07, 6.45) is -1.06. The van der Waals surface area contributed by atoms with Crippen molar-refractivity contribution in [1.82, 2.24) is 4.90 Å². The van der Waals surface area contributed by atoms with Crippen molar-refractivity contribution in [3.05, 3.63) is 29.0 Å². The first kappa shape index (κ1) is 18.6. The van der Waals surface area contributed by atoms with Crippen LogP contribution in [0.3, 0.4) is 0 Å². The summed E-state index contributed by atoms with van der Waals surface area (Å²) in [5, 5.41) is 21.9. The van der Waals surface area contributed by atoms with E-state index in [0.29, 0.717) is 13.8 Å². The molecule has 1 aromatic rings. The molecule has 2 rings (SSSR count). The Balaban J connectivity index is 2.66. The van der Waals surface area contributed by atoms with Crippen molar-refractivity contribution >= 4 is 87.5 Å². The zero-order valence-electron chi connectivity index (χ0n) is 10.7. The summed E-state index contributed by atoms with van der Waals surface area (Å²) in [7, 11) is 0. The number of aliphatic carboxylic acids is 2. The van der Waals surface area contributed by atoms with Gasteiger partial charge in [-0.25, -0.2) is 0 Å². The molecule has 122 valence electrons. The van der Waals surface area contributed by atoms with Crippen LogP contribution in [-0.4, -0.2) is 34.7 Å². The highest BCUT2D eigenvalue weighted by Gasteiger charge is 2.44. The second-order valence-electron chi connectivity index (χ2n) is 4.40. The molecule has 0 aromatic heterocycles. The Labute approximate surface area is 162 Å². The highest BCUT2D eigenvalue weighted by Crippen LogP contribution is 2.45. The van der Waals surface area contributed by atoms with Crippen molar-refractivity contribution in [2.24, 2.45) is 0 Å². The van der Waals surface area contributed by atoms with Crippen molar-refractivity contribution in [3.8, 4) is 0 Å². The van der Waals surface area contributed by atoms with Crippen LogP contribution in [0.15, 0.2) is 17.9 Å². The van der Waals surface area contributed by atoms with Gasteiger partial charge in [0.2, 0.25) is 0 Å². The lowest BCUT2D eigenvalue weighted by Crippen LogP contribution is -2.52. The molecule has 1 aromatic carbocycles. The Bertz CT molecular complexity index is 731. The molecule has 1 aliphatic heterocycles. The molecule has 0 radical (unpaired) electrons. The zero-order valence-corrected chi connectivity index (χ0v) is 17.0. The van der Waals surface area contributed by atoms with E-state index in [0.717, 1.165) is 0 Å². The topological polar surface area (TPSA) is 118 Å². The molecular weight excluding hydrogens is 574 g/mol. The lowest BCUT2D eigenvalue weighted by atomic mass is 10.1. The molecule has 11 heteroatoms. The van der Waals surface area contributed by atoms with Gasteiger partial charge in [-0.3, -0.25) is 14.5 Å². The van der Waals surface area contributed by atoms with Gasteiger partial charge in [0.15, 0.2) is 0 Å². The molecule has 1 aliphatic rings. The number of hydrogen-bond donors (Lipinski definition) is 0. The van der Waals surface area contributed by atoms with E-state index in [-0.39, 0.29) is 20.1 Å². The van der Waals surface area contributed by atoms with E-state index in [1.165, 1.54) is 0 Å². The van der Waals surface area contributed by atoms with E-state index in [1.54, 1.807) is 0 Å². The number of carboxylic acid groups (broad SMARTS) is 2. The minimum Gasteiger partial charge on any atom is -0.550 e. The van der Waals surface area contributed by atoms with E-state index in [1.807, 2.05) is 0 Å². The highest BCUT2D eigenvalue weighted by molar-refractivity contribution is 9.15. The Hall–Kier alpha value is -0.780. The predicted molar refractivity (Wildman–Crippen MR) is 86.2 cm³/mol. The second kappa shape index (κ2) is 6.61. The fourth-order valence-corrected chi connectivity index (χ4v) is 4.54. The monoisotopic (exact) mass is 573 g/mol. The maximum Gasteiger partial charge on any atom is 0.263 e. The minimum atomic E-state index is -1.97. The van der Waals surface area contributed by atoms with Crippen LogP contribution in [0.1, 0.15) is 27.1 Å². The fourth-order valence-electron chi connectivity index (χ4n) is 2.09. The summed E-state index contributed by atoms with van der Waals surface area (Å²) in [5.41, 5.74) is -0.164. The summed E-state index contributed by atoms with van der Waals surface area (Å²) in [4.78, 5) is 47.2. The number of hydrogen-bond acceptors (Lipinski definition) is 6. The van der Waals surface area contributed by atoms with Gasteiger partial charge in [-0.15, -0.1) is 0 Å². The van der Waals surface area contributed by atoms with Gasteiger partial charge in [0.25, 0.3) is 11.8 Å². The number of amides is 2. The van der Waals surface area contributed by atoms with Crippen LogP contribution < -0.4 is 10.2 Å². The minimum absolute atomic E-state index is 0.0819. The predicted octanol–water partition coefficient (Wildman–Crippen LogP) is 0.591. The third kappa shape index (κ3) is 2.99. The quantitative estimate of drug-likeness (QED) is 0.294. The average molecular weight is 577 g/mol. The molecule has 2 amide bonds. The summed E-state index contributed by atoms with van der Waals surface area (Å²) < 4.78 is 1.31. The third-order valence-corrected chi connectivity index (χ3v) is 7.84. The van der Waals surface area contributed by atoms with E-state index < -0.39 is 36.2 Å². The van der Waals surface area contributed by atoms with Crippen molar-refractivity contribution < 1.29 is 29.4 Å². The smallest absolute Gasteiger partial charge is 0.263 e. The molecule has 1 heterocycles. The number of benzene rings is 1. The molecule has 7 nitrogen and oxygen atoms in total. The van der Waals surface area contributed by atoms with Gasteiger partial charge in [-0.05, 0) is 63.7 Å². The third-order valence-electron chi connectivity index (χ3n) is 3.08. The number of carbonyl (C=O) groups is 4. The molecule has 0 aliphatic carbocycles. The normalized spacial score (nSPS) is 14.9. The number of halogens is 4. The van der Waals surface area contributed by atoms with Crippen molar-refractivity contribution in [2.75, 3.05) is 0 Å². The standard InChI is InChI=1S/C12H5Br4NO6/c13-6-4-5(7(14)9(16)8(6)15)11(21)17(10(4)20)2(12(22)23)1-3(18)19/h2H,1H2,(H,18,19)(H,22,23)/p-2/t2-/m0/s1. The largest absolute Gasteiger partial charge is 0.550 e. The van der Waals surface area contributed by atoms with E-state index in [4.69, 9.17) is 0 Å². The van der Waals surface area contributed by atoms with Gasteiger partial charge in [-0.2, -0.15) is 0 Å². The molecule has 0 fully saturated rings. The first-order valence-electron chi connectivity index (χ1n) is 5.74. The number of fused-ring (bicyclic) bond motifs is 1. The first-order valence-corrected chi connectivity index (χ1v) is 8.91. The lowest BCUT2D eigenvalue weighted by Gasteiger charge is -2.27. The maximum atomic E-state index is 12.5. The van der Waals surface area contributed by atoms with Gasteiger partial charge in [0.05, 0.1) is 23.1 Å². The van der Waals surface area contributed by atoms with Crippen LogP contribution in [0.4, 0.5) is 0 Å². The summed E-state index contributed by atoms with van der Waals surface area (Å²) in [6.45, 7) is 0. The molecule has 0 spiro atoms. The van der Waals surface area contributed by atoms with E-state index in [2.05, 4.69) is 63.7 Å². The van der Waals surface area contributed by atoms with Gasteiger partial charge in [0.1, 0.15) is 0 Å². The number of imide groups is 1. The first-order chi connectivity index (χ1) is 10.6. The molecule has 0 N–H and O–H groups in total. The van der Waals surface area contributed by atoms with Crippen molar-refractivity contribution in [1.29, 1.82) is 0 Å². The Morgan fingerprint density at radius 1 is 0.870 bits per heavy atom. The Morgan fingerprint density at radius 3 is 1.57 bits per heavy atom. The summed E-state index contributed by atoms with van der Waals surface area (Å²) >= 11 is 12.8. The number of carboxylic acids is 2. The van der Waals surface area contributed by atoms with Gasteiger partial charge >= 0.3 is 0 Å².